The predicted octanol–water partition coefficient (Wildman–Crippen LogP) is 1.96. The molecule has 0 radical (unpaired) electrons. The van der Waals surface area contributed by atoms with Crippen molar-refractivity contribution in [1.82, 2.24) is 10.3 Å². The zero-order valence-corrected chi connectivity index (χ0v) is 11.6. The Labute approximate surface area is 113 Å². The molecule has 0 fully saturated rings. The van der Waals surface area contributed by atoms with Crippen LogP contribution in [0.4, 0.5) is 4.79 Å². The normalized spacial score (nSPS) is 12.6. The smallest absolute Gasteiger partial charge is 0.407 e. The molecule has 1 rings (SSSR count). The summed E-state index contributed by atoms with van der Waals surface area (Å²) in [5, 5.41) is 2.60. The predicted molar refractivity (Wildman–Crippen MR) is 71.7 cm³/mol. The van der Waals surface area contributed by atoms with E-state index in [2.05, 4.69) is 10.3 Å². The Balaban J connectivity index is 2.41. The van der Waals surface area contributed by atoms with Crippen LogP contribution in [0.15, 0.2) is 24.5 Å². The minimum Gasteiger partial charge on any atom is -0.444 e. The maximum atomic E-state index is 11.5. The van der Waals surface area contributed by atoms with Crippen molar-refractivity contribution >= 4 is 12.4 Å². The maximum Gasteiger partial charge on any atom is 0.407 e. The number of pyridine rings is 1. The van der Waals surface area contributed by atoms with Gasteiger partial charge in [0, 0.05) is 24.9 Å². The molecule has 5 heteroatoms. The SMILES string of the molecule is CC(C)(C)OC(=O)NC[C@@H](C=O)Cc1cccnc1. The molecule has 0 aromatic carbocycles. The molecule has 0 aliphatic rings. The molecule has 1 atom stereocenters. The van der Waals surface area contributed by atoms with E-state index in [0.29, 0.717) is 6.42 Å². The summed E-state index contributed by atoms with van der Waals surface area (Å²) in [6, 6.07) is 3.72. The Morgan fingerprint density at radius 2 is 2.26 bits per heavy atom. The van der Waals surface area contributed by atoms with Gasteiger partial charge in [0.25, 0.3) is 0 Å². The number of nitrogens with zero attached hydrogens (tertiary/aromatic N) is 1. The van der Waals surface area contributed by atoms with E-state index < -0.39 is 11.7 Å². The quantitative estimate of drug-likeness (QED) is 0.825. The number of nitrogens with one attached hydrogen (secondary N) is 1. The summed E-state index contributed by atoms with van der Waals surface area (Å²) in [7, 11) is 0. The maximum absolute atomic E-state index is 11.5. The standard InChI is InChI=1S/C14H20N2O3/c1-14(2,3)19-13(18)16-9-12(10-17)7-11-5-4-6-15-8-11/h4-6,8,10,12H,7,9H2,1-3H3,(H,16,18)/t12-/m0/s1. The highest BCUT2D eigenvalue weighted by atomic mass is 16.6. The first-order valence-corrected chi connectivity index (χ1v) is 6.22. The second-order valence-electron chi connectivity index (χ2n) is 5.34. The molecule has 0 bridgehead atoms. The van der Waals surface area contributed by atoms with Gasteiger partial charge in [-0.1, -0.05) is 6.07 Å². The van der Waals surface area contributed by atoms with Crippen LogP contribution in [-0.2, 0) is 16.0 Å². The second-order valence-corrected chi connectivity index (χ2v) is 5.34. The van der Waals surface area contributed by atoms with Gasteiger partial charge in [-0.05, 0) is 38.8 Å². The highest BCUT2D eigenvalue weighted by Gasteiger charge is 2.17. The minimum absolute atomic E-state index is 0.257. The fraction of sp³-hybridized carbons (Fsp3) is 0.500. The van der Waals surface area contributed by atoms with Crippen molar-refractivity contribution in [3.8, 4) is 0 Å². The molecule has 0 aliphatic carbocycles. The average Bonchev–Trinajstić information content (AvgIpc) is 2.33. The van der Waals surface area contributed by atoms with E-state index in [9.17, 15) is 9.59 Å². The van der Waals surface area contributed by atoms with Crippen molar-refractivity contribution in [2.24, 2.45) is 5.92 Å². The highest BCUT2D eigenvalue weighted by Crippen LogP contribution is 2.08. The number of carbonyl (C=O) groups is 2. The molecule has 5 nitrogen and oxygen atoms in total. The monoisotopic (exact) mass is 264 g/mol. The van der Waals surface area contributed by atoms with Crippen molar-refractivity contribution in [3.63, 3.8) is 0 Å². The molecule has 1 amide bonds. The number of aldehydes is 1. The van der Waals surface area contributed by atoms with Crippen molar-refractivity contribution in [3.05, 3.63) is 30.1 Å². The average molecular weight is 264 g/mol. The van der Waals surface area contributed by atoms with E-state index >= 15 is 0 Å². The van der Waals surface area contributed by atoms with Gasteiger partial charge in [-0.3, -0.25) is 4.98 Å². The fourth-order valence-electron chi connectivity index (χ4n) is 1.52. The van der Waals surface area contributed by atoms with E-state index in [0.717, 1.165) is 11.8 Å². The lowest BCUT2D eigenvalue weighted by molar-refractivity contribution is -0.110. The fourth-order valence-corrected chi connectivity index (χ4v) is 1.52. The van der Waals surface area contributed by atoms with Gasteiger partial charge in [0.2, 0.25) is 0 Å². The van der Waals surface area contributed by atoms with Gasteiger partial charge in [0.1, 0.15) is 11.9 Å². The number of hydrogen-bond donors (Lipinski definition) is 1. The number of aromatic nitrogens is 1. The lowest BCUT2D eigenvalue weighted by Crippen LogP contribution is -2.36. The third-order valence-corrected chi connectivity index (χ3v) is 2.32. The van der Waals surface area contributed by atoms with Gasteiger partial charge in [0.15, 0.2) is 0 Å². The molecule has 1 N–H and O–H groups in total. The number of hydrogen-bond acceptors (Lipinski definition) is 4. The van der Waals surface area contributed by atoms with Gasteiger partial charge in [-0.2, -0.15) is 0 Å². The Morgan fingerprint density at radius 1 is 1.53 bits per heavy atom. The molecule has 0 spiro atoms. The van der Waals surface area contributed by atoms with Gasteiger partial charge in [0.05, 0.1) is 0 Å². The molecule has 104 valence electrons. The van der Waals surface area contributed by atoms with Crippen LogP contribution >= 0.6 is 0 Å². The van der Waals surface area contributed by atoms with Crippen LogP contribution < -0.4 is 5.32 Å². The van der Waals surface area contributed by atoms with Crippen LogP contribution in [-0.4, -0.2) is 29.5 Å². The van der Waals surface area contributed by atoms with Crippen LogP contribution in [0, 0.1) is 5.92 Å². The number of rotatable bonds is 5. The van der Waals surface area contributed by atoms with Crippen LogP contribution in [0.3, 0.4) is 0 Å². The summed E-state index contributed by atoms with van der Waals surface area (Å²) in [6.45, 7) is 5.63. The molecular formula is C14H20N2O3. The summed E-state index contributed by atoms with van der Waals surface area (Å²) in [5.74, 6) is -0.281. The molecule has 1 aromatic rings. The number of amides is 1. The van der Waals surface area contributed by atoms with Crippen LogP contribution in [0.2, 0.25) is 0 Å². The van der Waals surface area contributed by atoms with Crippen molar-refractivity contribution in [2.75, 3.05) is 6.54 Å². The molecule has 0 aliphatic heterocycles. The lowest BCUT2D eigenvalue weighted by Gasteiger charge is -2.20. The first-order chi connectivity index (χ1) is 8.90. The van der Waals surface area contributed by atoms with Gasteiger partial charge >= 0.3 is 6.09 Å². The van der Waals surface area contributed by atoms with E-state index in [-0.39, 0.29) is 12.5 Å². The minimum atomic E-state index is -0.538. The number of ether oxygens (including phenoxy) is 1. The summed E-state index contributed by atoms with van der Waals surface area (Å²) >= 11 is 0. The zero-order valence-electron chi connectivity index (χ0n) is 11.6. The van der Waals surface area contributed by atoms with Crippen molar-refractivity contribution in [2.45, 2.75) is 32.8 Å². The van der Waals surface area contributed by atoms with Crippen molar-refractivity contribution < 1.29 is 14.3 Å². The van der Waals surface area contributed by atoms with Crippen LogP contribution in [0.25, 0.3) is 0 Å². The summed E-state index contributed by atoms with van der Waals surface area (Å²) in [6.07, 6.45) is 4.27. The van der Waals surface area contributed by atoms with E-state index in [4.69, 9.17) is 4.74 Å². The molecule has 0 saturated carbocycles. The Kier molecular flexibility index (Phi) is 5.48. The van der Waals surface area contributed by atoms with Crippen LogP contribution in [0.1, 0.15) is 26.3 Å². The second kappa shape index (κ2) is 6.87. The Hall–Kier alpha value is -1.91. The molecule has 1 aromatic heterocycles. The molecular weight excluding hydrogens is 244 g/mol. The topological polar surface area (TPSA) is 68.3 Å². The summed E-state index contributed by atoms with van der Waals surface area (Å²) in [5.41, 5.74) is 0.426. The van der Waals surface area contributed by atoms with Gasteiger partial charge in [-0.15, -0.1) is 0 Å². The van der Waals surface area contributed by atoms with Gasteiger partial charge in [-0.25, -0.2) is 4.79 Å². The molecule has 0 saturated heterocycles. The van der Waals surface area contributed by atoms with E-state index in [1.807, 2.05) is 12.1 Å². The lowest BCUT2D eigenvalue weighted by atomic mass is 10.0. The zero-order chi connectivity index (χ0) is 14.3. The third-order valence-electron chi connectivity index (χ3n) is 2.32. The first-order valence-electron chi connectivity index (χ1n) is 6.22. The largest absolute Gasteiger partial charge is 0.444 e. The molecule has 1 heterocycles. The highest BCUT2D eigenvalue weighted by molar-refractivity contribution is 5.68. The van der Waals surface area contributed by atoms with Crippen LogP contribution in [0.5, 0.6) is 0 Å². The Bertz CT molecular complexity index is 412. The van der Waals surface area contributed by atoms with E-state index in [1.165, 1.54) is 0 Å². The Morgan fingerprint density at radius 3 is 2.79 bits per heavy atom. The van der Waals surface area contributed by atoms with Crippen molar-refractivity contribution in [1.29, 1.82) is 0 Å². The summed E-state index contributed by atoms with van der Waals surface area (Å²) < 4.78 is 5.10. The number of alkyl carbamates (subject to hydrolysis) is 1. The van der Waals surface area contributed by atoms with Gasteiger partial charge < -0.3 is 14.8 Å². The van der Waals surface area contributed by atoms with E-state index in [1.54, 1.807) is 33.2 Å². The molecule has 0 unspecified atom stereocenters. The third kappa shape index (κ3) is 6.55. The number of carbonyl (C=O) groups excluding carboxylic acids is 2. The molecule has 19 heavy (non-hydrogen) atoms. The summed E-state index contributed by atoms with van der Waals surface area (Å²) in [4.78, 5) is 26.5. The first kappa shape index (κ1) is 15.1.